The quantitative estimate of drug-likeness (QED) is 0.461. The summed E-state index contributed by atoms with van der Waals surface area (Å²) in [6.07, 6.45) is 0. The van der Waals surface area contributed by atoms with Crippen LogP contribution in [0.5, 0.6) is 23.0 Å². The molecule has 3 rings (SSSR count). The summed E-state index contributed by atoms with van der Waals surface area (Å²) in [5.41, 5.74) is 1.01. The van der Waals surface area contributed by atoms with Crippen LogP contribution in [0.1, 0.15) is 23.0 Å². The predicted octanol–water partition coefficient (Wildman–Crippen LogP) is 1.97. The topological polar surface area (TPSA) is 134 Å². The van der Waals surface area contributed by atoms with E-state index in [9.17, 15) is 30.0 Å². The Bertz CT molecular complexity index is 847. The summed E-state index contributed by atoms with van der Waals surface area (Å²) in [5.74, 6) is -5.56. The van der Waals surface area contributed by atoms with Crippen LogP contribution in [0.4, 0.5) is 0 Å². The lowest BCUT2D eigenvalue weighted by Gasteiger charge is -2.49. The molecule has 28 heavy (non-hydrogen) atoms. The standard InChI is InChI=1S/C20H20O8/c1-27-19(25)17-15(9-3-5-11(21)13(23)7-9)16(18(17)20(26)28-2)10-4-6-12(22)14(24)8-10/h3-8,15-18,21-24H,1-2H3. The number of phenolic OH excluding ortho intramolecular Hbond substituents is 4. The van der Waals surface area contributed by atoms with Crippen LogP contribution in [0.15, 0.2) is 36.4 Å². The van der Waals surface area contributed by atoms with Crippen molar-refractivity contribution < 1.29 is 39.5 Å². The highest BCUT2D eigenvalue weighted by Gasteiger charge is 2.59. The largest absolute Gasteiger partial charge is 0.504 e. The van der Waals surface area contributed by atoms with Gasteiger partial charge in [0, 0.05) is 11.8 Å². The van der Waals surface area contributed by atoms with E-state index in [1.807, 2.05) is 0 Å². The van der Waals surface area contributed by atoms with E-state index in [0.717, 1.165) is 0 Å². The Kier molecular flexibility index (Phi) is 5.04. The third-order valence-electron chi connectivity index (χ3n) is 5.26. The minimum atomic E-state index is -0.887. The number of phenols is 4. The maximum Gasteiger partial charge on any atom is 0.310 e. The smallest absolute Gasteiger partial charge is 0.310 e. The Morgan fingerprint density at radius 1 is 0.679 bits per heavy atom. The second-order valence-corrected chi connectivity index (χ2v) is 6.65. The molecule has 0 heterocycles. The monoisotopic (exact) mass is 388 g/mol. The molecule has 8 heteroatoms. The van der Waals surface area contributed by atoms with E-state index < -0.39 is 35.6 Å². The maximum absolute atomic E-state index is 12.4. The molecule has 4 N–H and O–H groups in total. The molecule has 8 nitrogen and oxygen atoms in total. The second-order valence-electron chi connectivity index (χ2n) is 6.65. The molecule has 0 spiro atoms. The van der Waals surface area contributed by atoms with Crippen molar-refractivity contribution in [1.82, 2.24) is 0 Å². The summed E-state index contributed by atoms with van der Waals surface area (Å²) in [4.78, 5) is 24.9. The number of ether oxygens (including phenoxy) is 2. The first kappa shape index (κ1) is 19.3. The molecule has 0 aromatic heterocycles. The Hall–Kier alpha value is -3.42. The fourth-order valence-corrected chi connectivity index (χ4v) is 3.93. The zero-order valence-corrected chi connectivity index (χ0v) is 15.2. The van der Waals surface area contributed by atoms with Crippen LogP contribution in [-0.2, 0) is 19.1 Å². The van der Waals surface area contributed by atoms with Gasteiger partial charge in [-0.25, -0.2) is 0 Å². The number of aromatic hydroxyl groups is 4. The van der Waals surface area contributed by atoms with Gasteiger partial charge in [0.1, 0.15) is 0 Å². The highest BCUT2D eigenvalue weighted by atomic mass is 16.5. The molecular weight excluding hydrogens is 368 g/mol. The first-order valence-electron chi connectivity index (χ1n) is 8.49. The number of methoxy groups -OCH3 is 2. The van der Waals surface area contributed by atoms with Gasteiger partial charge in [-0.3, -0.25) is 9.59 Å². The van der Waals surface area contributed by atoms with Gasteiger partial charge >= 0.3 is 11.9 Å². The van der Waals surface area contributed by atoms with Gasteiger partial charge in [0.15, 0.2) is 23.0 Å². The normalized spacial score (nSPS) is 23.5. The fourth-order valence-electron chi connectivity index (χ4n) is 3.93. The average Bonchev–Trinajstić information content (AvgIpc) is 2.66. The number of benzene rings is 2. The first-order chi connectivity index (χ1) is 13.3. The van der Waals surface area contributed by atoms with Crippen molar-refractivity contribution in [3.05, 3.63) is 47.5 Å². The van der Waals surface area contributed by atoms with Gasteiger partial charge in [-0.05, 0) is 35.4 Å². The zero-order chi connectivity index (χ0) is 20.6. The molecule has 1 fully saturated rings. The number of rotatable bonds is 4. The molecule has 1 aliphatic carbocycles. The van der Waals surface area contributed by atoms with E-state index in [1.165, 1.54) is 50.6 Å². The third kappa shape index (κ3) is 3.06. The minimum absolute atomic E-state index is 0.318. The van der Waals surface area contributed by atoms with Crippen LogP contribution >= 0.6 is 0 Å². The van der Waals surface area contributed by atoms with Gasteiger partial charge in [0.25, 0.3) is 0 Å². The summed E-state index contributed by atoms with van der Waals surface area (Å²) < 4.78 is 9.73. The molecular formula is C20H20O8. The SMILES string of the molecule is COC(=O)C1C(C(=O)OC)C(c2ccc(O)c(O)c2)C1c1ccc(O)c(O)c1. The first-order valence-corrected chi connectivity index (χ1v) is 8.49. The fraction of sp³-hybridized carbons (Fsp3) is 0.300. The highest BCUT2D eigenvalue weighted by molar-refractivity contribution is 5.87. The number of hydrogen-bond donors (Lipinski definition) is 4. The van der Waals surface area contributed by atoms with Gasteiger partial charge in [-0.15, -0.1) is 0 Å². The van der Waals surface area contributed by atoms with Crippen LogP contribution in [0, 0.1) is 11.8 Å². The van der Waals surface area contributed by atoms with Gasteiger partial charge < -0.3 is 29.9 Å². The van der Waals surface area contributed by atoms with Gasteiger partial charge in [-0.1, -0.05) is 12.1 Å². The summed E-state index contributed by atoms with van der Waals surface area (Å²) in [5, 5.41) is 38.9. The maximum atomic E-state index is 12.4. The van der Waals surface area contributed by atoms with Crippen molar-refractivity contribution in [2.24, 2.45) is 11.8 Å². The summed E-state index contributed by atoms with van der Waals surface area (Å²) in [6.45, 7) is 0. The lowest BCUT2D eigenvalue weighted by atomic mass is 9.52. The van der Waals surface area contributed by atoms with E-state index in [1.54, 1.807) is 0 Å². The highest BCUT2D eigenvalue weighted by Crippen LogP contribution is 2.59. The van der Waals surface area contributed by atoms with Crippen molar-refractivity contribution in [3.63, 3.8) is 0 Å². The molecule has 148 valence electrons. The molecule has 1 aliphatic rings. The van der Waals surface area contributed by atoms with Crippen LogP contribution in [0.25, 0.3) is 0 Å². The Morgan fingerprint density at radius 2 is 1.04 bits per heavy atom. The minimum Gasteiger partial charge on any atom is -0.504 e. The van der Waals surface area contributed by atoms with E-state index in [4.69, 9.17) is 9.47 Å². The summed E-state index contributed by atoms with van der Waals surface area (Å²) in [7, 11) is 2.42. The Morgan fingerprint density at radius 3 is 1.32 bits per heavy atom. The van der Waals surface area contributed by atoms with E-state index >= 15 is 0 Å². The molecule has 0 radical (unpaired) electrons. The van der Waals surface area contributed by atoms with Crippen molar-refractivity contribution in [2.75, 3.05) is 14.2 Å². The molecule has 0 saturated heterocycles. The number of carbonyl (C=O) groups is 2. The molecule has 0 aliphatic heterocycles. The third-order valence-corrected chi connectivity index (χ3v) is 5.26. The average molecular weight is 388 g/mol. The van der Waals surface area contributed by atoms with Crippen LogP contribution in [-0.4, -0.2) is 46.6 Å². The molecule has 4 atom stereocenters. The number of carbonyl (C=O) groups excluding carboxylic acids is 2. The van der Waals surface area contributed by atoms with E-state index in [0.29, 0.717) is 11.1 Å². The molecule has 2 aromatic carbocycles. The van der Waals surface area contributed by atoms with Crippen molar-refractivity contribution >= 4 is 11.9 Å². The van der Waals surface area contributed by atoms with Crippen molar-refractivity contribution in [3.8, 4) is 23.0 Å². The summed E-state index contributed by atoms with van der Waals surface area (Å²) >= 11 is 0. The van der Waals surface area contributed by atoms with Crippen LogP contribution < -0.4 is 0 Å². The number of hydrogen-bond acceptors (Lipinski definition) is 8. The van der Waals surface area contributed by atoms with Gasteiger partial charge in [-0.2, -0.15) is 0 Å². The van der Waals surface area contributed by atoms with Crippen molar-refractivity contribution in [1.29, 1.82) is 0 Å². The van der Waals surface area contributed by atoms with E-state index in [2.05, 4.69) is 0 Å². The van der Waals surface area contributed by atoms with Gasteiger partial charge in [0.2, 0.25) is 0 Å². The Balaban J connectivity index is 2.14. The predicted molar refractivity (Wildman–Crippen MR) is 96.0 cm³/mol. The molecule has 1 saturated carbocycles. The lowest BCUT2D eigenvalue weighted by molar-refractivity contribution is -0.168. The molecule has 2 aromatic rings. The number of esters is 2. The molecule has 4 unspecified atom stereocenters. The van der Waals surface area contributed by atoms with Crippen LogP contribution in [0.2, 0.25) is 0 Å². The van der Waals surface area contributed by atoms with Crippen molar-refractivity contribution in [2.45, 2.75) is 11.8 Å². The summed E-state index contributed by atoms with van der Waals surface area (Å²) in [6, 6.07) is 8.28. The lowest BCUT2D eigenvalue weighted by Crippen LogP contribution is -2.52. The molecule has 0 amide bonds. The second kappa shape index (κ2) is 7.30. The Labute approximate surface area is 160 Å². The zero-order valence-electron chi connectivity index (χ0n) is 15.2. The van der Waals surface area contributed by atoms with Crippen LogP contribution in [0.3, 0.4) is 0 Å². The van der Waals surface area contributed by atoms with E-state index in [-0.39, 0.29) is 23.0 Å². The van der Waals surface area contributed by atoms with Gasteiger partial charge in [0.05, 0.1) is 26.1 Å². The molecule has 0 bridgehead atoms.